The van der Waals surface area contributed by atoms with Crippen LogP contribution in [0.4, 0.5) is 14.9 Å². The number of ether oxygens (including phenoxy) is 1. The molecule has 2 rings (SSSR count). The van der Waals surface area contributed by atoms with Crippen LogP contribution in [0.2, 0.25) is 5.02 Å². The van der Waals surface area contributed by atoms with Crippen molar-refractivity contribution < 1.29 is 18.7 Å². The number of halogens is 4. The minimum atomic E-state index is -0.675. The minimum absolute atomic E-state index is 0.261. The second-order valence-electron chi connectivity index (χ2n) is 4.59. The molecule has 0 saturated carbocycles. The molecule has 0 aliphatic heterocycles. The lowest BCUT2D eigenvalue weighted by atomic mass is 10.3. The first-order chi connectivity index (χ1) is 11.9. The van der Waals surface area contributed by atoms with Crippen molar-refractivity contribution in [2.24, 2.45) is 0 Å². The standard InChI is InChI=1S/C15H11Br2ClFN3O3/c16-9-5-8(19)6-10(17)14(9)25-7-13(23)21-22-15(24)20-12-4-2-1-3-11(12)18/h1-6H,7H2,(H,21,23)(H2,20,22,24). The van der Waals surface area contributed by atoms with Crippen LogP contribution >= 0.6 is 43.5 Å². The Morgan fingerprint density at radius 2 is 1.76 bits per heavy atom. The molecular formula is C15H11Br2ClFN3O3. The van der Waals surface area contributed by atoms with Crippen molar-refractivity contribution in [2.75, 3.05) is 11.9 Å². The molecule has 2 aromatic rings. The average Bonchev–Trinajstić information content (AvgIpc) is 2.54. The van der Waals surface area contributed by atoms with Crippen molar-refractivity contribution in [1.29, 1.82) is 0 Å². The van der Waals surface area contributed by atoms with Gasteiger partial charge in [0.25, 0.3) is 5.91 Å². The fraction of sp³-hybridized carbons (Fsp3) is 0.0667. The zero-order valence-corrected chi connectivity index (χ0v) is 16.3. The maximum Gasteiger partial charge on any atom is 0.337 e. The molecule has 0 spiro atoms. The molecule has 0 saturated heterocycles. The van der Waals surface area contributed by atoms with E-state index in [2.05, 4.69) is 48.0 Å². The highest BCUT2D eigenvalue weighted by atomic mass is 79.9. The van der Waals surface area contributed by atoms with Gasteiger partial charge in [0.05, 0.1) is 19.7 Å². The summed E-state index contributed by atoms with van der Waals surface area (Å²) >= 11 is 12.2. The zero-order valence-electron chi connectivity index (χ0n) is 12.4. The molecule has 0 bridgehead atoms. The molecule has 6 nitrogen and oxygen atoms in total. The number of hydrazine groups is 1. The molecule has 25 heavy (non-hydrogen) atoms. The van der Waals surface area contributed by atoms with E-state index in [4.69, 9.17) is 16.3 Å². The Morgan fingerprint density at radius 3 is 2.40 bits per heavy atom. The molecule has 0 aromatic heterocycles. The molecule has 132 valence electrons. The summed E-state index contributed by atoms with van der Waals surface area (Å²) in [5.74, 6) is -0.817. The van der Waals surface area contributed by atoms with Gasteiger partial charge in [-0.15, -0.1) is 0 Å². The number of hydrogen-bond donors (Lipinski definition) is 3. The summed E-state index contributed by atoms with van der Waals surface area (Å²) in [6.07, 6.45) is 0. The van der Waals surface area contributed by atoms with Crippen LogP contribution in [0, 0.1) is 5.82 Å². The molecule has 0 radical (unpaired) electrons. The van der Waals surface area contributed by atoms with Crippen LogP contribution in [0.25, 0.3) is 0 Å². The van der Waals surface area contributed by atoms with Crippen LogP contribution in [0.15, 0.2) is 45.3 Å². The Bertz CT molecular complexity index is 784. The topological polar surface area (TPSA) is 79.5 Å². The third kappa shape index (κ3) is 5.87. The van der Waals surface area contributed by atoms with E-state index in [0.29, 0.717) is 19.7 Å². The highest BCUT2D eigenvalue weighted by Crippen LogP contribution is 2.34. The van der Waals surface area contributed by atoms with Crippen LogP contribution in [0.5, 0.6) is 5.75 Å². The summed E-state index contributed by atoms with van der Waals surface area (Å²) in [5.41, 5.74) is 4.72. The maximum absolute atomic E-state index is 13.2. The number of anilines is 1. The van der Waals surface area contributed by atoms with Gasteiger partial charge < -0.3 is 10.1 Å². The van der Waals surface area contributed by atoms with Crippen LogP contribution < -0.4 is 20.9 Å². The van der Waals surface area contributed by atoms with E-state index >= 15 is 0 Å². The summed E-state index contributed by atoms with van der Waals surface area (Å²) in [7, 11) is 0. The van der Waals surface area contributed by atoms with Gasteiger partial charge >= 0.3 is 6.03 Å². The van der Waals surface area contributed by atoms with Gasteiger partial charge in [0, 0.05) is 0 Å². The molecule has 3 amide bonds. The summed E-state index contributed by atoms with van der Waals surface area (Å²) in [6, 6.07) is 8.37. The van der Waals surface area contributed by atoms with Crippen LogP contribution in [0.3, 0.4) is 0 Å². The lowest BCUT2D eigenvalue weighted by Gasteiger charge is -2.12. The van der Waals surface area contributed by atoms with Gasteiger partial charge in [0.1, 0.15) is 11.6 Å². The van der Waals surface area contributed by atoms with Crippen molar-refractivity contribution in [2.45, 2.75) is 0 Å². The number of hydrogen-bond acceptors (Lipinski definition) is 3. The molecule has 3 N–H and O–H groups in total. The lowest BCUT2D eigenvalue weighted by molar-refractivity contribution is -0.123. The summed E-state index contributed by atoms with van der Waals surface area (Å²) in [4.78, 5) is 23.4. The fourth-order valence-corrected chi connectivity index (χ4v) is 3.23. The van der Waals surface area contributed by atoms with E-state index in [9.17, 15) is 14.0 Å². The first kappa shape index (κ1) is 19.5. The third-order valence-corrected chi connectivity index (χ3v) is 4.26. The highest BCUT2D eigenvalue weighted by molar-refractivity contribution is 9.11. The van der Waals surface area contributed by atoms with Gasteiger partial charge in [0.2, 0.25) is 0 Å². The first-order valence-electron chi connectivity index (χ1n) is 6.74. The number of nitrogens with one attached hydrogen (secondary N) is 3. The average molecular weight is 496 g/mol. The molecule has 0 fully saturated rings. The predicted octanol–water partition coefficient (Wildman–Crippen LogP) is 4.24. The van der Waals surface area contributed by atoms with Crippen LogP contribution in [0.1, 0.15) is 0 Å². The Hall–Kier alpha value is -1.84. The van der Waals surface area contributed by atoms with E-state index < -0.39 is 24.4 Å². The first-order valence-corrected chi connectivity index (χ1v) is 8.71. The monoisotopic (exact) mass is 493 g/mol. The molecule has 0 atom stereocenters. The van der Waals surface area contributed by atoms with E-state index in [0.717, 1.165) is 0 Å². The summed E-state index contributed by atoms with van der Waals surface area (Å²) < 4.78 is 19.1. The largest absolute Gasteiger partial charge is 0.481 e. The quantitative estimate of drug-likeness (QED) is 0.556. The van der Waals surface area contributed by atoms with E-state index in [-0.39, 0.29) is 5.75 Å². The van der Waals surface area contributed by atoms with Gasteiger partial charge in [-0.05, 0) is 56.1 Å². The number of carbonyl (C=O) groups is 2. The minimum Gasteiger partial charge on any atom is -0.481 e. The van der Waals surface area contributed by atoms with Gasteiger partial charge in [-0.2, -0.15) is 0 Å². The van der Waals surface area contributed by atoms with Gasteiger partial charge in [-0.1, -0.05) is 23.7 Å². The number of benzene rings is 2. The van der Waals surface area contributed by atoms with Gasteiger partial charge in [-0.3, -0.25) is 10.2 Å². The van der Waals surface area contributed by atoms with Crippen LogP contribution in [-0.4, -0.2) is 18.5 Å². The van der Waals surface area contributed by atoms with Crippen molar-refractivity contribution in [3.05, 3.63) is 56.2 Å². The van der Waals surface area contributed by atoms with Gasteiger partial charge in [0.15, 0.2) is 6.61 Å². The normalized spacial score (nSPS) is 10.1. The highest BCUT2D eigenvalue weighted by Gasteiger charge is 2.12. The predicted molar refractivity (Wildman–Crippen MR) is 99.0 cm³/mol. The summed E-state index contributed by atoms with van der Waals surface area (Å²) in [6.45, 7) is -0.394. The van der Waals surface area contributed by atoms with Crippen LogP contribution in [-0.2, 0) is 4.79 Å². The number of carbonyl (C=O) groups excluding carboxylic acids is 2. The zero-order chi connectivity index (χ0) is 18.4. The Morgan fingerprint density at radius 1 is 1.12 bits per heavy atom. The molecule has 0 unspecified atom stereocenters. The smallest absolute Gasteiger partial charge is 0.337 e. The van der Waals surface area contributed by atoms with Crippen molar-refractivity contribution in [1.82, 2.24) is 10.9 Å². The van der Waals surface area contributed by atoms with Crippen molar-refractivity contribution >= 4 is 61.1 Å². The number of amides is 3. The molecule has 10 heteroatoms. The molecule has 0 heterocycles. The molecular weight excluding hydrogens is 484 g/mol. The molecule has 0 aliphatic rings. The van der Waals surface area contributed by atoms with E-state index in [1.165, 1.54) is 12.1 Å². The molecule has 0 aliphatic carbocycles. The number of para-hydroxylation sites is 1. The second kappa shape index (κ2) is 9.02. The lowest BCUT2D eigenvalue weighted by Crippen LogP contribution is -2.45. The van der Waals surface area contributed by atoms with E-state index in [1.807, 2.05) is 0 Å². The Balaban J connectivity index is 1.81. The number of urea groups is 1. The Kier molecular flexibility index (Phi) is 7.03. The fourth-order valence-electron chi connectivity index (χ4n) is 1.68. The van der Waals surface area contributed by atoms with Crippen molar-refractivity contribution in [3.63, 3.8) is 0 Å². The number of rotatable bonds is 4. The Labute approximate surface area is 164 Å². The maximum atomic E-state index is 13.2. The third-order valence-electron chi connectivity index (χ3n) is 2.75. The second-order valence-corrected chi connectivity index (χ2v) is 6.71. The molecule has 2 aromatic carbocycles. The summed E-state index contributed by atoms with van der Waals surface area (Å²) in [5, 5.41) is 2.83. The van der Waals surface area contributed by atoms with Gasteiger partial charge in [-0.25, -0.2) is 14.6 Å². The van der Waals surface area contributed by atoms with E-state index in [1.54, 1.807) is 24.3 Å². The van der Waals surface area contributed by atoms with Crippen molar-refractivity contribution in [3.8, 4) is 5.75 Å². The SMILES string of the molecule is O=C(COc1c(Br)cc(F)cc1Br)NNC(=O)Nc1ccccc1Cl.